The maximum Gasteiger partial charge on any atom is 0.217 e. The summed E-state index contributed by atoms with van der Waals surface area (Å²) >= 11 is 0. The molecule has 2 rings (SSSR count). The minimum Gasteiger partial charge on any atom is -0.461 e. The summed E-state index contributed by atoms with van der Waals surface area (Å²) in [6.07, 6.45) is 3.31. The lowest BCUT2D eigenvalue weighted by atomic mass is 10.3. The number of nitrogens with zero attached hydrogens (tertiary/aromatic N) is 3. The number of aryl methyl sites for hydroxylation is 2. The number of amides is 1. The van der Waals surface area contributed by atoms with Gasteiger partial charge in [-0.05, 0) is 18.6 Å². The van der Waals surface area contributed by atoms with Crippen LogP contribution >= 0.6 is 0 Å². The number of hydrogen-bond acceptors (Lipinski definition) is 4. The third-order valence-electron chi connectivity index (χ3n) is 2.52. The van der Waals surface area contributed by atoms with Gasteiger partial charge in [0.15, 0.2) is 5.76 Å². The van der Waals surface area contributed by atoms with Gasteiger partial charge in [0.05, 0.1) is 6.26 Å². The van der Waals surface area contributed by atoms with Gasteiger partial charge in [-0.1, -0.05) is 6.92 Å². The molecule has 2 aromatic rings. The number of carbonyl (C=O) groups excluding carboxylic acids is 1. The van der Waals surface area contributed by atoms with Crippen LogP contribution in [0.2, 0.25) is 0 Å². The van der Waals surface area contributed by atoms with Gasteiger partial charge in [0.2, 0.25) is 11.7 Å². The fraction of sp³-hybridized carbons (Fsp3) is 0.417. The number of nitrogens with two attached hydrogens (primary N) is 1. The molecular weight excluding hydrogens is 232 g/mol. The molecule has 0 spiro atoms. The van der Waals surface area contributed by atoms with E-state index in [9.17, 15) is 4.79 Å². The van der Waals surface area contributed by atoms with Crippen LogP contribution in [-0.4, -0.2) is 20.7 Å². The second kappa shape index (κ2) is 5.48. The van der Waals surface area contributed by atoms with Crippen LogP contribution < -0.4 is 5.73 Å². The van der Waals surface area contributed by atoms with Crippen molar-refractivity contribution in [3.8, 4) is 11.6 Å². The molecular formula is C12H16N4O2. The Morgan fingerprint density at radius 1 is 1.56 bits per heavy atom. The molecule has 0 atom stereocenters. The molecule has 96 valence electrons. The fourth-order valence-electron chi connectivity index (χ4n) is 1.70. The quantitative estimate of drug-likeness (QED) is 0.836. The number of aromatic nitrogens is 3. The van der Waals surface area contributed by atoms with Crippen LogP contribution in [0.15, 0.2) is 22.8 Å². The molecule has 6 heteroatoms. The minimum absolute atomic E-state index is 0.278. The van der Waals surface area contributed by atoms with Gasteiger partial charge in [-0.25, -0.2) is 9.67 Å². The Labute approximate surface area is 105 Å². The molecule has 2 N–H and O–H groups in total. The maximum atomic E-state index is 10.8. The topological polar surface area (TPSA) is 86.9 Å². The van der Waals surface area contributed by atoms with Gasteiger partial charge in [0.25, 0.3) is 0 Å². The van der Waals surface area contributed by atoms with Crippen LogP contribution in [0, 0.1) is 0 Å². The highest BCUT2D eigenvalue weighted by Crippen LogP contribution is 2.16. The van der Waals surface area contributed by atoms with Crippen LogP contribution in [0.1, 0.15) is 25.6 Å². The summed E-state index contributed by atoms with van der Waals surface area (Å²) in [6, 6.07) is 3.60. The van der Waals surface area contributed by atoms with Crippen LogP contribution in [0.4, 0.5) is 0 Å². The van der Waals surface area contributed by atoms with Gasteiger partial charge in [-0.2, -0.15) is 0 Å². The first-order valence-corrected chi connectivity index (χ1v) is 5.96. The molecule has 0 fully saturated rings. The minimum atomic E-state index is -0.333. The highest BCUT2D eigenvalue weighted by atomic mass is 16.3. The lowest BCUT2D eigenvalue weighted by molar-refractivity contribution is -0.118. The molecule has 2 heterocycles. The Kier molecular flexibility index (Phi) is 3.76. The van der Waals surface area contributed by atoms with E-state index in [1.165, 1.54) is 0 Å². The van der Waals surface area contributed by atoms with Crippen molar-refractivity contribution in [2.24, 2.45) is 5.73 Å². The molecule has 0 aromatic carbocycles. The van der Waals surface area contributed by atoms with Gasteiger partial charge in [-0.15, -0.1) is 5.10 Å². The van der Waals surface area contributed by atoms with E-state index in [0.717, 1.165) is 18.8 Å². The van der Waals surface area contributed by atoms with Gasteiger partial charge in [0.1, 0.15) is 5.82 Å². The SMILES string of the molecule is CCCn1nc(-c2ccco2)nc1CCC(N)=O. The smallest absolute Gasteiger partial charge is 0.217 e. The molecule has 0 bridgehead atoms. The van der Waals surface area contributed by atoms with Crippen LogP contribution in [0.3, 0.4) is 0 Å². The first-order valence-electron chi connectivity index (χ1n) is 5.96. The largest absolute Gasteiger partial charge is 0.461 e. The van der Waals surface area contributed by atoms with Crippen molar-refractivity contribution in [3.63, 3.8) is 0 Å². The summed E-state index contributed by atoms with van der Waals surface area (Å²) in [5, 5.41) is 4.38. The Balaban J connectivity index is 2.23. The molecule has 0 aliphatic rings. The van der Waals surface area contributed by atoms with Crippen molar-refractivity contribution in [1.29, 1.82) is 0 Å². The van der Waals surface area contributed by atoms with E-state index in [0.29, 0.717) is 18.0 Å². The molecule has 0 aliphatic heterocycles. The summed E-state index contributed by atoms with van der Waals surface area (Å²) in [5.74, 6) is 1.61. The van der Waals surface area contributed by atoms with Gasteiger partial charge >= 0.3 is 0 Å². The fourth-order valence-corrected chi connectivity index (χ4v) is 1.70. The molecule has 18 heavy (non-hydrogen) atoms. The number of rotatable bonds is 6. The summed E-state index contributed by atoms with van der Waals surface area (Å²) in [4.78, 5) is 15.2. The summed E-state index contributed by atoms with van der Waals surface area (Å²) < 4.78 is 7.07. The second-order valence-electron chi connectivity index (χ2n) is 4.02. The van der Waals surface area contributed by atoms with E-state index in [4.69, 9.17) is 10.2 Å². The zero-order valence-electron chi connectivity index (χ0n) is 10.3. The number of hydrogen-bond donors (Lipinski definition) is 1. The third kappa shape index (κ3) is 2.77. The average molecular weight is 248 g/mol. The molecule has 0 aliphatic carbocycles. The predicted octanol–water partition coefficient (Wildman–Crippen LogP) is 1.37. The Morgan fingerprint density at radius 3 is 3.00 bits per heavy atom. The van der Waals surface area contributed by atoms with E-state index >= 15 is 0 Å². The molecule has 0 saturated carbocycles. The Hall–Kier alpha value is -2.11. The lowest BCUT2D eigenvalue weighted by Gasteiger charge is -2.01. The van der Waals surface area contributed by atoms with Gasteiger partial charge in [-0.3, -0.25) is 4.79 Å². The van der Waals surface area contributed by atoms with Crippen LogP contribution in [-0.2, 0) is 17.8 Å². The lowest BCUT2D eigenvalue weighted by Crippen LogP contribution is -2.13. The van der Waals surface area contributed by atoms with Crippen molar-refractivity contribution in [2.75, 3.05) is 0 Å². The van der Waals surface area contributed by atoms with E-state index in [-0.39, 0.29) is 12.3 Å². The monoisotopic (exact) mass is 248 g/mol. The van der Waals surface area contributed by atoms with E-state index in [1.54, 1.807) is 17.0 Å². The summed E-state index contributed by atoms with van der Waals surface area (Å²) in [6.45, 7) is 2.83. The van der Waals surface area contributed by atoms with E-state index in [2.05, 4.69) is 17.0 Å². The van der Waals surface area contributed by atoms with E-state index < -0.39 is 0 Å². The normalized spacial score (nSPS) is 10.7. The predicted molar refractivity (Wildman–Crippen MR) is 65.5 cm³/mol. The van der Waals surface area contributed by atoms with Crippen LogP contribution in [0.25, 0.3) is 11.6 Å². The zero-order valence-corrected chi connectivity index (χ0v) is 10.3. The second-order valence-corrected chi connectivity index (χ2v) is 4.02. The van der Waals surface area contributed by atoms with E-state index in [1.807, 2.05) is 6.07 Å². The first-order chi connectivity index (χ1) is 8.70. The summed E-state index contributed by atoms with van der Waals surface area (Å²) in [5.41, 5.74) is 5.15. The highest BCUT2D eigenvalue weighted by molar-refractivity contribution is 5.73. The maximum absolute atomic E-state index is 10.8. The molecule has 2 aromatic heterocycles. The standard InChI is InChI=1S/C12H16N4O2/c1-2-7-16-11(6-5-10(13)17)14-12(15-16)9-4-3-8-18-9/h3-4,8H,2,5-7H2,1H3,(H2,13,17). The highest BCUT2D eigenvalue weighted by Gasteiger charge is 2.13. The average Bonchev–Trinajstić information content (AvgIpc) is 2.95. The Morgan fingerprint density at radius 2 is 2.39 bits per heavy atom. The van der Waals surface area contributed by atoms with Crippen molar-refractivity contribution in [3.05, 3.63) is 24.2 Å². The molecule has 0 unspecified atom stereocenters. The summed E-state index contributed by atoms with van der Waals surface area (Å²) in [7, 11) is 0. The van der Waals surface area contributed by atoms with Gasteiger partial charge in [0, 0.05) is 19.4 Å². The van der Waals surface area contributed by atoms with Crippen molar-refractivity contribution in [1.82, 2.24) is 14.8 Å². The zero-order chi connectivity index (χ0) is 13.0. The van der Waals surface area contributed by atoms with Crippen molar-refractivity contribution in [2.45, 2.75) is 32.7 Å². The van der Waals surface area contributed by atoms with Crippen molar-refractivity contribution >= 4 is 5.91 Å². The third-order valence-corrected chi connectivity index (χ3v) is 2.52. The first kappa shape index (κ1) is 12.3. The number of carbonyl (C=O) groups is 1. The Bertz CT molecular complexity index is 516. The molecule has 6 nitrogen and oxygen atoms in total. The van der Waals surface area contributed by atoms with Crippen LogP contribution in [0.5, 0.6) is 0 Å². The molecule has 0 radical (unpaired) electrons. The number of primary amides is 1. The number of furan rings is 1. The molecule has 1 amide bonds. The molecule has 0 saturated heterocycles. The van der Waals surface area contributed by atoms with Gasteiger partial charge < -0.3 is 10.2 Å². The van der Waals surface area contributed by atoms with Crippen molar-refractivity contribution < 1.29 is 9.21 Å².